The van der Waals surface area contributed by atoms with Gasteiger partial charge in [-0.1, -0.05) is 6.07 Å². The van der Waals surface area contributed by atoms with Gasteiger partial charge >= 0.3 is 0 Å². The molecule has 0 spiro atoms. The molecule has 2 aromatic rings. The number of nitrogens with one attached hydrogen (secondary N) is 1. The maximum Gasteiger partial charge on any atom is 0.251 e. The van der Waals surface area contributed by atoms with Gasteiger partial charge in [0.2, 0.25) is 0 Å². The van der Waals surface area contributed by atoms with Crippen LogP contribution in [0.15, 0.2) is 36.7 Å². The molecular formula is C15H20N4O. The second-order valence-electron chi connectivity index (χ2n) is 4.97. The van der Waals surface area contributed by atoms with E-state index < -0.39 is 0 Å². The van der Waals surface area contributed by atoms with Gasteiger partial charge in [0.1, 0.15) is 0 Å². The van der Waals surface area contributed by atoms with E-state index in [4.69, 9.17) is 0 Å². The van der Waals surface area contributed by atoms with Crippen molar-refractivity contribution in [3.05, 3.63) is 47.8 Å². The van der Waals surface area contributed by atoms with Crippen LogP contribution in [0.2, 0.25) is 0 Å². The predicted molar refractivity (Wildman–Crippen MR) is 80.0 cm³/mol. The Morgan fingerprint density at radius 1 is 1.40 bits per heavy atom. The summed E-state index contributed by atoms with van der Waals surface area (Å²) in [5.74, 6) is -0.0439. The van der Waals surface area contributed by atoms with Crippen LogP contribution in [-0.4, -0.2) is 36.3 Å². The standard InChI is InChI=1S/C15H20N4O/c1-18(2)14-6-4-5-13(9-14)15(20)16-8-7-12-10-17-19(3)11-12/h4-6,9-11H,7-8H2,1-3H3,(H,16,20). The number of aryl methyl sites for hydroxylation is 1. The molecule has 5 nitrogen and oxygen atoms in total. The fourth-order valence-corrected chi connectivity index (χ4v) is 1.95. The van der Waals surface area contributed by atoms with E-state index in [1.54, 1.807) is 4.68 Å². The third-order valence-corrected chi connectivity index (χ3v) is 3.08. The van der Waals surface area contributed by atoms with Crippen molar-refractivity contribution in [2.24, 2.45) is 7.05 Å². The Bertz CT molecular complexity index is 589. The van der Waals surface area contributed by atoms with Gasteiger partial charge in [0, 0.05) is 45.1 Å². The molecule has 0 bridgehead atoms. The SMILES string of the molecule is CN(C)c1cccc(C(=O)NCCc2cnn(C)c2)c1. The van der Waals surface area contributed by atoms with Gasteiger partial charge in [-0.05, 0) is 30.2 Å². The van der Waals surface area contributed by atoms with Crippen LogP contribution in [0.5, 0.6) is 0 Å². The highest BCUT2D eigenvalue weighted by Crippen LogP contribution is 2.13. The van der Waals surface area contributed by atoms with Crippen molar-refractivity contribution >= 4 is 11.6 Å². The van der Waals surface area contributed by atoms with Crippen LogP contribution >= 0.6 is 0 Å². The highest BCUT2D eigenvalue weighted by Gasteiger charge is 2.06. The van der Waals surface area contributed by atoms with Crippen LogP contribution in [0.25, 0.3) is 0 Å². The second kappa shape index (κ2) is 6.23. The van der Waals surface area contributed by atoms with Crippen molar-refractivity contribution < 1.29 is 4.79 Å². The number of carbonyl (C=O) groups is 1. The van der Waals surface area contributed by atoms with Gasteiger partial charge < -0.3 is 10.2 Å². The zero-order chi connectivity index (χ0) is 14.5. The lowest BCUT2D eigenvalue weighted by Gasteiger charge is -2.13. The second-order valence-corrected chi connectivity index (χ2v) is 4.97. The van der Waals surface area contributed by atoms with E-state index in [9.17, 15) is 4.79 Å². The van der Waals surface area contributed by atoms with E-state index in [1.807, 2.05) is 62.7 Å². The lowest BCUT2D eigenvalue weighted by Crippen LogP contribution is -2.25. The molecule has 5 heteroatoms. The summed E-state index contributed by atoms with van der Waals surface area (Å²) in [6.07, 6.45) is 4.56. The number of hydrogen-bond acceptors (Lipinski definition) is 3. The van der Waals surface area contributed by atoms with E-state index in [2.05, 4.69) is 10.4 Å². The summed E-state index contributed by atoms with van der Waals surface area (Å²) in [6.45, 7) is 0.608. The van der Waals surface area contributed by atoms with E-state index >= 15 is 0 Å². The minimum Gasteiger partial charge on any atom is -0.378 e. The Morgan fingerprint density at radius 3 is 2.85 bits per heavy atom. The summed E-state index contributed by atoms with van der Waals surface area (Å²) < 4.78 is 1.76. The number of anilines is 1. The van der Waals surface area contributed by atoms with Crippen LogP contribution in [-0.2, 0) is 13.5 Å². The molecule has 1 heterocycles. The maximum atomic E-state index is 12.1. The first-order valence-electron chi connectivity index (χ1n) is 6.59. The average Bonchev–Trinajstić information content (AvgIpc) is 2.84. The molecule has 1 amide bonds. The lowest BCUT2D eigenvalue weighted by atomic mass is 10.1. The minimum atomic E-state index is -0.0439. The molecule has 0 atom stereocenters. The molecule has 0 aliphatic heterocycles. The van der Waals surface area contributed by atoms with Gasteiger partial charge in [-0.2, -0.15) is 5.10 Å². The normalized spacial score (nSPS) is 10.3. The van der Waals surface area contributed by atoms with Crippen molar-refractivity contribution in [2.45, 2.75) is 6.42 Å². The number of benzene rings is 1. The average molecular weight is 272 g/mol. The number of amides is 1. The van der Waals surface area contributed by atoms with Gasteiger partial charge in [0.15, 0.2) is 0 Å². The van der Waals surface area contributed by atoms with Crippen LogP contribution in [0.4, 0.5) is 5.69 Å². The number of rotatable bonds is 5. The fraction of sp³-hybridized carbons (Fsp3) is 0.333. The van der Waals surface area contributed by atoms with Crippen molar-refractivity contribution in [3.8, 4) is 0 Å². The zero-order valence-corrected chi connectivity index (χ0v) is 12.1. The molecule has 20 heavy (non-hydrogen) atoms. The quantitative estimate of drug-likeness (QED) is 0.896. The van der Waals surface area contributed by atoms with Crippen molar-refractivity contribution in [1.82, 2.24) is 15.1 Å². The van der Waals surface area contributed by atoms with E-state index in [0.717, 1.165) is 17.7 Å². The van der Waals surface area contributed by atoms with E-state index in [-0.39, 0.29) is 5.91 Å². The smallest absolute Gasteiger partial charge is 0.251 e. The fourth-order valence-electron chi connectivity index (χ4n) is 1.95. The molecule has 0 aliphatic carbocycles. The molecule has 0 unspecified atom stereocenters. The van der Waals surface area contributed by atoms with Crippen molar-refractivity contribution in [3.63, 3.8) is 0 Å². The largest absolute Gasteiger partial charge is 0.378 e. The first kappa shape index (κ1) is 14.1. The molecule has 1 N–H and O–H groups in total. The predicted octanol–water partition coefficient (Wildman–Crippen LogP) is 1.46. The lowest BCUT2D eigenvalue weighted by molar-refractivity contribution is 0.0954. The summed E-state index contributed by atoms with van der Waals surface area (Å²) in [6, 6.07) is 7.59. The number of hydrogen-bond donors (Lipinski definition) is 1. The Kier molecular flexibility index (Phi) is 4.40. The third kappa shape index (κ3) is 3.60. The van der Waals surface area contributed by atoms with Crippen molar-refractivity contribution in [1.29, 1.82) is 0 Å². The maximum absolute atomic E-state index is 12.1. The number of carbonyl (C=O) groups excluding carboxylic acids is 1. The van der Waals surface area contributed by atoms with Gasteiger partial charge in [0.05, 0.1) is 6.20 Å². The van der Waals surface area contributed by atoms with Gasteiger partial charge in [-0.15, -0.1) is 0 Å². The molecule has 106 valence electrons. The third-order valence-electron chi connectivity index (χ3n) is 3.08. The monoisotopic (exact) mass is 272 g/mol. The molecule has 0 radical (unpaired) electrons. The first-order valence-corrected chi connectivity index (χ1v) is 6.59. The minimum absolute atomic E-state index is 0.0439. The Morgan fingerprint density at radius 2 is 2.20 bits per heavy atom. The summed E-state index contributed by atoms with van der Waals surface area (Å²) >= 11 is 0. The summed E-state index contributed by atoms with van der Waals surface area (Å²) in [5.41, 5.74) is 2.82. The van der Waals surface area contributed by atoms with E-state index in [0.29, 0.717) is 12.1 Å². The summed E-state index contributed by atoms with van der Waals surface area (Å²) in [4.78, 5) is 14.0. The highest BCUT2D eigenvalue weighted by molar-refractivity contribution is 5.95. The van der Waals surface area contributed by atoms with Gasteiger partial charge in [-0.3, -0.25) is 9.48 Å². The van der Waals surface area contributed by atoms with Crippen LogP contribution in [0.3, 0.4) is 0 Å². The van der Waals surface area contributed by atoms with Gasteiger partial charge in [0.25, 0.3) is 5.91 Å². The summed E-state index contributed by atoms with van der Waals surface area (Å²) in [5, 5.41) is 7.03. The van der Waals surface area contributed by atoms with E-state index in [1.165, 1.54) is 0 Å². The molecule has 1 aromatic heterocycles. The molecule has 0 saturated heterocycles. The molecule has 0 saturated carbocycles. The van der Waals surface area contributed by atoms with Crippen molar-refractivity contribution in [2.75, 3.05) is 25.5 Å². The topological polar surface area (TPSA) is 50.2 Å². The molecular weight excluding hydrogens is 252 g/mol. The first-order chi connectivity index (χ1) is 9.56. The molecule has 0 aliphatic rings. The molecule has 0 fully saturated rings. The van der Waals surface area contributed by atoms with Crippen LogP contribution in [0.1, 0.15) is 15.9 Å². The zero-order valence-electron chi connectivity index (χ0n) is 12.1. The molecule has 1 aromatic carbocycles. The Labute approximate surface area is 119 Å². The number of nitrogens with zero attached hydrogens (tertiary/aromatic N) is 3. The summed E-state index contributed by atoms with van der Waals surface area (Å²) in [7, 11) is 5.80. The van der Waals surface area contributed by atoms with Crippen LogP contribution < -0.4 is 10.2 Å². The highest BCUT2D eigenvalue weighted by atomic mass is 16.1. The molecule has 2 rings (SSSR count). The van der Waals surface area contributed by atoms with Crippen LogP contribution in [0, 0.1) is 0 Å². The van der Waals surface area contributed by atoms with Gasteiger partial charge in [-0.25, -0.2) is 0 Å². The number of aromatic nitrogens is 2. The Balaban J connectivity index is 1.90. The Hall–Kier alpha value is -2.30.